The average Bonchev–Trinajstić information content (AvgIpc) is 3.17. The molecule has 1 aliphatic carbocycles. The third-order valence-corrected chi connectivity index (χ3v) is 7.39. The predicted molar refractivity (Wildman–Crippen MR) is 137 cm³/mol. The average molecular weight is 476 g/mol. The monoisotopic (exact) mass is 475 g/mol. The van der Waals surface area contributed by atoms with Crippen LogP contribution in [0.4, 0.5) is 10.7 Å². The summed E-state index contributed by atoms with van der Waals surface area (Å²) in [6.07, 6.45) is 6.96. The van der Waals surface area contributed by atoms with Crippen molar-refractivity contribution in [1.29, 1.82) is 0 Å². The largest absolute Gasteiger partial charge is 0.369 e. The van der Waals surface area contributed by atoms with E-state index in [9.17, 15) is 9.90 Å². The van der Waals surface area contributed by atoms with Gasteiger partial charge >= 0.3 is 0 Å². The molecule has 8 heteroatoms. The van der Waals surface area contributed by atoms with E-state index in [2.05, 4.69) is 68.4 Å². The number of nitrogens with one attached hydrogen (secondary N) is 3. The molecule has 0 bridgehead atoms. The first-order chi connectivity index (χ1) is 16.6. The number of anilines is 1. The van der Waals surface area contributed by atoms with Gasteiger partial charge in [0, 0.05) is 23.7 Å². The highest BCUT2D eigenvalue weighted by atomic mass is 32.2. The molecule has 7 nitrogen and oxygen atoms in total. The van der Waals surface area contributed by atoms with Crippen molar-refractivity contribution in [2.45, 2.75) is 44.5 Å². The number of nitrogens with zero attached hydrogens (tertiary/aromatic N) is 2. The zero-order valence-electron chi connectivity index (χ0n) is 18.9. The molecule has 2 aliphatic rings. The Balaban J connectivity index is 1.09. The van der Waals surface area contributed by atoms with E-state index < -0.39 is 6.23 Å². The number of hydrogen-bond donors (Lipinski definition) is 4. The first kappa shape index (κ1) is 22.8. The molecular formula is C26H29N5O2S. The maximum atomic E-state index is 11.4. The van der Waals surface area contributed by atoms with Crippen molar-refractivity contribution in [2.24, 2.45) is 5.92 Å². The van der Waals surface area contributed by atoms with Gasteiger partial charge in [0.25, 0.3) is 5.24 Å². The van der Waals surface area contributed by atoms with Crippen molar-refractivity contribution in [3.05, 3.63) is 70.9 Å². The molecule has 0 spiro atoms. The Kier molecular flexibility index (Phi) is 7.08. The number of aliphatic hydroxyl groups excluding tert-OH is 1. The van der Waals surface area contributed by atoms with Crippen LogP contribution in [0.2, 0.25) is 0 Å². The Morgan fingerprint density at radius 1 is 1.09 bits per heavy atom. The Morgan fingerprint density at radius 3 is 2.74 bits per heavy atom. The zero-order chi connectivity index (χ0) is 23.3. The first-order valence-electron chi connectivity index (χ1n) is 11.8. The molecule has 1 aromatic heterocycles. The quantitative estimate of drug-likeness (QED) is 0.399. The predicted octanol–water partition coefficient (Wildman–Crippen LogP) is 4.51. The van der Waals surface area contributed by atoms with Gasteiger partial charge in [0.05, 0.1) is 5.69 Å². The minimum atomic E-state index is -0.964. The van der Waals surface area contributed by atoms with Crippen molar-refractivity contribution in [3.8, 4) is 0 Å². The lowest BCUT2D eigenvalue weighted by atomic mass is 9.86. The Bertz CT molecular complexity index is 1190. The molecule has 1 saturated heterocycles. The summed E-state index contributed by atoms with van der Waals surface area (Å²) >= 11 is 0.990. The lowest BCUT2D eigenvalue weighted by Crippen LogP contribution is -2.31. The number of aromatic nitrogens is 2. The standard InChI is InChI=1S/C26H29N5O2S/c32-24-23(34-26(33)31-24)14-21-12-13-28-25(30-21)29-20-10-8-17(9-11-20)15-27-16-19-6-3-5-18-4-1-2-7-22(18)19/h1-7,12-14,17,20,24,27,32H,8-11,15-16H2,(H,31,33)(H,28,29,30)/b23-14-. The summed E-state index contributed by atoms with van der Waals surface area (Å²) in [5.41, 5.74) is 2.02. The van der Waals surface area contributed by atoms with Crippen molar-refractivity contribution >= 4 is 39.8 Å². The van der Waals surface area contributed by atoms with Crippen LogP contribution in [0.25, 0.3) is 16.8 Å². The molecule has 1 aliphatic heterocycles. The van der Waals surface area contributed by atoms with Crippen LogP contribution in [0.5, 0.6) is 0 Å². The number of carbonyl (C=O) groups excluding carboxylic acids is 1. The van der Waals surface area contributed by atoms with Crippen LogP contribution in [0.15, 0.2) is 59.6 Å². The van der Waals surface area contributed by atoms with Crippen molar-refractivity contribution < 1.29 is 9.90 Å². The maximum absolute atomic E-state index is 11.4. The molecule has 2 fully saturated rings. The van der Waals surface area contributed by atoms with Gasteiger partial charge in [-0.25, -0.2) is 9.97 Å². The summed E-state index contributed by atoms with van der Waals surface area (Å²) < 4.78 is 0. The summed E-state index contributed by atoms with van der Waals surface area (Å²) in [5, 5.41) is 21.8. The molecule has 3 aromatic rings. The third kappa shape index (κ3) is 5.58. The van der Waals surface area contributed by atoms with E-state index in [0.717, 1.165) is 37.7 Å². The lowest BCUT2D eigenvalue weighted by Gasteiger charge is -2.29. The lowest BCUT2D eigenvalue weighted by molar-refractivity contribution is 0.192. The van der Waals surface area contributed by atoms with Crippen molar-refractivity contribution in [1.82, 2.24) is 20.6 Å². The van der Waals surface area contributed by atoms with Crippen molar-refractivity contribution in [3.63, 3.8) is 0 Å². The molecule has 4 N–H and O–H groups in total. The second kappa shape index (κ2) is 10.5. The van der Waals surface area contributed by atoms with Crippen LogP contribution >= 0.6 is 11.8 Å². The Labute approximate surface area is 203 Å². The van der Waals surface area contributed by atoms with Gasteiger partial charge < -0.3 is 21.1 Å². The molecule has 2 aromatic carbocycles. The summed E-state index contributed by atoms with van der Waals surface area (Å²) in [4.78, 5) is 20.8. The minimum Gasteiger partial charge on any atom is -0.369 e. The van der Waals surface area contributed by atoms with Crippen LogP contribution < -0.4 is 16.0 Å². The Morgan fingerprint density at radius 2 is 1.91 bits per heavy atom. The second-order valence-electron chi connectivity index (χ2n) is 8.92. The summed E-state index contributed by atoms with van der Waals surface area (Å²) in [6, 6.07) is 17.2. The van der Waals surface area contributed by atoms with Gasteiger partial charge in [-0.15, -0.1) is 0 Å². The highest BCUT2D eigenvalue weighted by Crippen LogP contribution is 2.29. The fraction of sp³-hybridized carbons (Fsp3) is 0.346. The fourth-order valence-electron chi connectivity index (χ4n) is 4.70. The smallest absolute Gasteiger partial charge is 0.285 e. The summed E-state index contributed by atoms with van der Waals surface area (Å²) in [5.74, 6) is 1.26. The molecule has 1 saturated carbocycles. The van der Waals surface area contributed by atoms with Gasteiger partial charge in [0.1, 0.15) is 0 Å². The number of amides is 1. The number of fused-ring (bicyclic) bond motifs is 1. The first-order valence-corrected chi connectivity index (χ1v) is 12.6. The number of benzene rings is 2. The topological polar surface area (TPSA) is 99.2 Å². The van der Waals surface area contributed by atoms with Gasteiger partial charge in [-0.1, -0.05) is 42.5 Å². The van der Waals surface area contributed by atoms with Crippen LogP contribution in [-0.2, 0) is 6.54 Å². The highest BCUT2D eigenvalue weighted by Gasteiger charge is 2.25. The number of thioether (sulfide) groups is 1. The van der Waals surface area contributed by atoms with E-state index in [1.807, 2.05) is 0 Å². The molecule has 0 radical (unpaired) electrons. The normalized spacial score (nSPS) is 23.9. The molecule has 5 rings (SSSR count). The number of carbonyl (C=O) groups is 1. The zero-order valence-corrected chi connectivity index (χ0v) is 19.7. The molecular weight excluding hydrogens is 446 g/mol. The van der Waals surface area contributed by atoms with Crippen LogP contribution in [0.1, 0.15) is 36.9 Å². The Hall–Kier alpha value is -2.94. The third-order valence-electron chi connectivity index (χ3n) is 6.51. The molecule has 176 valence electrons. The second-order valence-corrected chi connectivity index (χ2v) is 9.97. The minimum absolute atomic E-state index is 0.255. The van der Waals surface area contributed by atoms with E-state index in [1.54, 1.807) is 18.3 Å². The highest BCUT2D eigenvalue weighted by molar-refractivity contribution is 8.17. The molecule has 34 heavy (non-hydrogen) atoms. The van der Waals surface area contributed by atoms with Gasteiger partial charge in [-0.3, -0.25) is 4.79 Å². The van der Waals surface area contributed by atoms with Gasteiger partial charge in [0.2, 0.25) is 5.95 Å². The SMILES string of the molecule is O=C1NC(O)/C(=C/c2ccnc(NC3CCC(CNCc4cccc5ccccc45)CC3)n2)S1. The summed E-state index contributed by atoms with van der Waals surface area (Å²) in [6.45, 7) is 1.92. The number of rotatable bonds is 7. The van der Waals surface area contributed by atoms with Gasteiger partial charge in [-0.2, -0.15) is 0 Å². The number of hydrogen-bond acceptors (Lipinski definition) is 7. The molecule has 1 unspecified atom stereocenters. The molecule has 1 amide bonds. The maximum Gasteiger partial charge on any atom is 0.285 e. The molecule has 2 heterocycles. The number of aliphatic hydroxyl groups is 1. The molecule has 1 atom stereocenters. The van der Waals surface area contributed by atoms with E-state index in [1.165, 1.54) is 29.2 Å². The van der Waals surface area contributed by atoms with Crippen molar-refractivity contribution in [2.75, 3.05) is 11.9 Å². The van der Waals surface area contributed by atoms with Crippen LogP contribution in [-0.4, -0.2) is 39.1 Å². The van der Waals surface area contributed by atoms with E-state index >= 15 is 0 Å². The summed E-state index contributed by atoms with van der Waals surface area (Å²) in [7, 11) is 0. The fourth-order valence-corrected chi connectivity index (χ4v) is 5.44. The van der Waals surface area contributed by atoms with E-state index in [-0.39, 0.29) is 5.24 Å². The van der Waals surface area contributed by atoms with Crippen LogP contribution in [0, 0.1) is 5.92 Å². The van der Waals surface area contributed by atoms with E-state index in [4.69, 9.17) is 0 Å². The van der Waals surface area contributed by atoms with E-state index in [0.29, 0.717) is 28.5 Å². The van der Waals surface area contributed by atoms with Gasteiger partial charge in [0.15, 0.2) is 6.23 Å². The van der Waals surface area contributed by atoms with Crippen LogP contribution in [0.3, 0.4) is 0 Å². The van der Waals surface area contributed by atoms with Gasteiger partial charge in [-0.05, 0) is 78.4 Å².